The number of H-pyrrole nitrogens is 1. The van der Waals surface area contributed by atoms with Gasteiger partial charge in [-0.25, -0.2) is 0 Å². The van der Waals surface area contributed by atoms with Gasteiger partial charge in [-0.2, -0.15) is 0 Å². The highest BCUT2D eigenvalue weighted by Crippen LogP contribution is 2.41. The molecule has 45 heavy (non-hydrogen) atoms. The van der Waals surface area contributed by atoms with Gasteiger partial charge in [0, 0.05) is 52.0 Å². The van der Waals surface area contributed by atoms with Crippen LogP contribution < -0.4 is 5.32 Å². The lowest BCUT2D eigenvalue weighted by molar-refractivity contribution is -0.144. The van der Waals surface area contributed by atoms with E-state index in [1.54, 1.807) is 6.26 Å². The first kappa shape index (κ1) is 31.7. The van der Waals surface area contributed by atoms with E-state index in [4.69, 9.17) is 0 Å². The third-order valence-electron chi connectivity index (χ3n) is 10.4. The summed E-state index contributed by atoms with van der Waals surface area (Å²) in [7, 11) is -0.953. The molecule has 2 aliphatic heterocycles. The molecule has 2 N–H and O–H groups in total. The minimum Gasteiger partial charge on any atom is -0.354 e. The number of hydrogen-bond acceptors (Lipinski definition) is 3. The van der Waals surface area contributed by atoms with E-state index in [2.05, 4.69) is 98.4 Å². The van der Waals surface area contributed by atoms with Crippen molar-refractivity contribution in [1.82, 2.24) is 15.2 Å². The second kappa shape index (κ2) is 12.9. The molecule has 3 heterocycles. The van der Waals surface area contributed by atoms with Crippen molar-refractivity contribution in [1.29, 1.82) is 0 Å². The number of piperidine rings is 2. The normalized spacial score (nSPS) is 19.6. The second-order valence-corrected chi connectivity index (χ2v) is 15.6. The zero-order valence-corrected chi connectivity index (χ0v) is 28.7. The number of aromatic nitrogens is 1. The van der Waals surface area contributed by atoms with Gasteiger partial charge in [0.1, 0.15) is 0 Å². The van der Waals surface area contributed by atoms with Gasteiger partial charge in [-0.1, -0.05) is 42.3 Å². The quantitative estimate of drug-likeness (QED) is 0.177. The zero-order chi connectivity index (χ0) is 31.9. The van der Waals surface area contributed by atoms with Gasteiger partial charge in [-0.3, -0.25) is 9.00 Å². The molecular formula is C39H49N3O2S. The Hall–Kier alpha value is -3.22. The van der Waals surface area contributed by atoms with Crippen molar-refractivity contribution in [2.45, 2.75) is 89.0 Å². The Morgan fingerprint density at radius 2 is 1.69 bits per heavy atom. The third-order valence-corrected chi connectivity index (χ3v) is 11.3. The molecule has 3 aromatic carbocycles. The molecule has 7 rings (SSSR count). The highest BCUT2D eigenvalue weighted by Gasteiger charge is 2.42. The number of carbonyl (C=O) groups is 1. The van der Waals surface area contributed by atoms with Gasteiger partial charge in [0.25, 0.3) is 0 Å². The number of benzene rings is 3. The summed E-state index contributed by atoms with van der Waals surface area (Å²) >= 11 is 0. The molecule has 2 saturated heterocycles. The van der Waals surface area contributed by atoms with Gasteiger partial charge in [-0.15, -0.1) is 0 Å². The number of nitrogens with zero attached hydrogens (tertiary/aromatic N) is 1. The molecule has 1 unspecified atom stereocenters. The number of nitrogens with one attached hydrogen (secondary N) is 2. The second-order valence-electron chi connectivity index (χ2n) is 14.3. The molecule has 6 heteroatoms. The first-order valence-electron chi connectivity index (χ1n) is 16.7. The number of aryl methyl sites for hydroxylation is 2. The van der Waals surface area contributed by atoms with Crippen LogP contribution in [0.25, 0.3) is 22.2 Å². The van der Waals surface area contributed by atoms with Gasteiger partial charge in [0.2, 0.25) is 5.91 Å². The van der Waals surface area contributed by atoms with E-state index in [1.807, 2.05) is 12.1 Å². The Balaban J connectivity index is 1.29. The molecule has 2 atom stereocenters. The molecule has 1 saturated carbocycles. The molecule has 0 radical (unpaired) electrons. The van der Waals surface area contributed by atoms with Gasteiger partial charge in [0.15, 0.2) is 0 Å². The van der Waals surface area contributed by atoms with E-state index in [0.717, 1.165) is 54.9 Å². The van der Waals surface area contributed by atoms with Crippen LogP contribution >= 0.6 is 0 Å². The molecule has 1 amide bonds. The van der Waals surface area contributed by atoms with Gasteiger partial charge in [-0.05, 0) is 137 Å². The van der Waals surface area contributed by atoms with Crippen LogP contribution in [0.2, 0.25) is 0 Å². The number of aromatic amines is 1. The summed E-state index contributed by atoms with van der Waals surface area (Å²) in [5, 5.41) is 4.92. The van der Waals surface area contributed by atoms with Gasteiger partial charge < -0.3 is 15.2 Å². The van der Waals surface area contributed by atoms with Crippen molar-refractivity contribution >= 4 is 27.6 Å². The number of rotatable bonds is 10. The molecule has 1 aromatic heterocycles. The van der Waals surface area contributed by atoms with Crippen molar-refractivity contribution in [2.24, 2.45) is 5.92 Å². The predicted octanol–water partition coefficient (Wildman–Crippen LogP) is 7.80. The number of amides is 1. The molecule has 3 aliphatic rings. The highest BCUT2D eigenvalue weighted by atomic mass is 32.2. The topological polar surface area (TPSA) is 65.2 Å². The van der Waals surface area contributed by atoms with E-state index < -0.39 is 16.2 Å². The Morgan fingerprint density at radius 1 is 1.00 bits per heavy atom. The summed E-state index contributed by atoms with van der Waals surface area (Å²) in [6.07, 6.45) is 7.49. The summed E-state index contributed by atoms with van der Waals surface area (Å²) in [6.45, 7) is 13.5. The fourth-order valence-electron chi connectivity index (χ4n) is 7.76. The fraction of sp³-hybridized carbons (Fsp3) is 0.462. The third kappa shape index (κ3) is 6.55. The summed E-state index contributed by atoms with van der Waals surface area (Å²) in [6, 6.07) is 21.9. The van der Waals surface area contributed by atoms with Crippen LogP contribution in [0, 0.1) is 19.8 Å². The van der Waals surface area contributed by atoms with Crippen LogP contribution in [0.5, 0.6) is 0 Å². The first-order chi connectivity index (χ1) is 21.5. The van der Waals surface area contributed by atoms with E-state index in [-0.39, 0.29) is 11.8 Å². The maximum absolute atomic E-state index is 14.1. The number of carbonyl (C=O) groups excluding carboxylic acids is 1. The van der Waals surface area contributed by atoms with Crippen LogP contribution in [0.4, 0.5) is 0 Å². The largest absolute Gasteiger partial charge is 0.354 e. The predicted molar refractivity (Wildman–Crippen MR) is 187 cm³/mol. The number of hydrogen-bond donors (Lipinski definition) is 2. The summed E-state index contributed by atoms with van der Waals surface area (Å²) < 4.78 is 11.8. The minimum atomic E-state index is -0.953. The molecular weight excluding hydrogens is 575 g/mol. The van der Waals surface area contributed by atoms with Crippen molar-refractivity contribution in [2.75, 3.05) is 25.9 Å². The molecule has 4 aromatic rings. The van der Waals surface area contributed by atoms with Gasteiger partial charge >= 0.3 is 0 Å². The standard InChI is InChI=1S/C39H49N3O2S/c1-25-19-26(2)21-30(20-25)37-36(27(3)23-40-18-17-28-9-14-33(15-10-28)45(6)44)34-22-31(11-16-35(34)41-37)39(4,5)38(43)42-24-29-7-12-32(42)13-8-29/h9-11,14-16,19-22,27,29,32,40-41H,7-8,12-13,17-18,23-24H2,1-6H3/t27-,29?,32?,45?/m1/s1. The van der Waals surface area contributed by atoms with Crippen molar-refractivity contribution < 1.29 is 9.00 Å². The zero-order valence-electron chi connectivity index (χ0n) is 27.8. The van der Waals surface area contributed by atoms with E-state index in [9.17, 15) is 9.00 Å². The molecule has 2 bridgehead atoms. The summed E-state index contributed by atoms with van der Waals surface area (Å²) in [4.78, 5) is 21.0. The maximum Gasteiger partial charge on any atom is 0.232 e. The monoisotopic (exact) mass is 623 g/mol. The average Bonchev–Trinajstić information content (AvgIpc) is 3.42. The maximum atomic E-state index is 14.1. The van der Waals surface area contributed by atoms with Crippen LogP contribution in [0.1, 0.15) is 80.2 Å². The minimum absolute atomic E-state index is 0.242. The molecule has 238 valence electrons. The molecule has 0 spiro atoms. The Bertz CT molecular complexity index is 1690. The highest BCUT2D eigenvalue weighted by molar-refractivity contribution is 7.84. The van der Waals surface area contributed by atoms with Crippen LogP contribution in [0.3, 0.4) is 0 Å². The summed E-state index contributed by atoms with van der Waals surface area (Å²) in [5.41, 5.74) is 9.04. The Kier molecular flexibility index (Phi) is 9.09. The molecule has 5 nitrogen and oxygen atoms in total. The van der Waals surface area contributed by atoms with E-state index >= 15 is 0 Å². The molecule has 1 aliphatic carbocycles. The first-order valence-corrected chi connectivity index (χ1v) is 18.3. The van der Waals surface area contributed by atoms with Crippen molar-refractivity contribution in [3.05, 3.63) is 88.5 Å². The van der Waals surface area contributed by atoms with Crippen LogP contribution in [-0.2, 0) is 27.4 Å². The number of fused-ring (bicyclic) bond motifs is 4. The fourth-order valence-corrected chi connectivity index (χ4v) is 8.28. The average molecular weight is 624 g/mol. The summed E-state index contributed by atoms with van der Waals surface area (Å²) in [5.74, 6) is 1.19. The lowest BCUT2D eigenvalue weighted by Gasteiger charge is -2.47. The smallest absolute Gasteiger partial charge is 0.232 e. The lowest BCUT2D eigenvalue weighted by Crippen LogP contribution is -2.55. The van der Waals surface area contributed by atoms with Crippen molar-refractivity contribution in [3.63, 3.8) is 0 Å². The Labute approximate surface area is 271 Å². The Morgan fingerprint density at radius 3 is 2.31 bits per heavy atom. The van der Waals surface area contributed by atoms with Crippen molar-refractivity contribution in [3.8, 4) is 11.3 Å². The van der Waals surface area contributed by atoms with E-state index in [0.29, 0.717) is 12.0 Å². The van der Waals surface area contributed by atoms with Crippen LogP contribution in [-0.4, -0.2) is 51.9 Å². The van der Waals surface area contributed by atoms with E-state index in [1.165, 1.54) is 51.7 Å². The molecule has 3 fully saturated rings. The van der Waals surface area contributed by atoms with Gasteiger partial charge in [0.05, 0.1) is 11.1 Å². The lowest BCUT2D eigenvalue weighted by atomic mass is 9.76. The van der Waals surface area contributed by atoms with Crippen LogP contribution in [0.15, 0.2) is 65.6 Å². The SMILES string of the molecule is Cc1cc(C)cc(-c2[nH]c3ccc(C(C)(C)C(=O)N4CC5CCC4CC5)cc3c2[C@H](C)CNCCc2ccc(S(C)=O)cc2)c1.